The fourth-order valence-corrected chi connectivity index (χ4v) is 4.00. The Morgan fingerprint density at radius 1 is 1.26 bits per heavy atom. The van der Waals surface area contributed by atoms with Crippen LogP contribution in [0.4, 0.5) is 0 Å². The predicted molar refractivity (Wildman–Crippen MR) is 76.8 cm³/mol. The number of carbonyl (C=O) groups is 1. The molecule has 1 aromatic rings. The Morgan fingerprint density at radius 3 is 2.63 bits per heavy atom. The Bertz CT molecular complexity index is 474. The molecular weight excluding hydrogens is 306 g/mol. The van der Waals surface area contributed by atoms with E-state index in [1.807, 2.05) is 24.3 Å². The van der Waals surface area contributed by atoms with Crippen molar-refractivity contribution in [2.45, 2.75) is 25.3 Å². The van der Waals surface area contributed by atoms with Crippen molar-refractivity contribution >= 4 is 21.8 Å². The van der Waals surface area contributed by atoms with Crippen molar-refractivity contribution in [1.82, 2.24) is 5.32 Å². The minimum absolute atomic E-state index is 0.0245. The van der Waals surface area contributed by atoms with Gasteiger partial charge in [0, 0.05) is 28.6 Å². The highest BCUT2D eigenvalue weighted by atomic mass is 79.9. The van der Waals surface area contributed by atoms with Crippen LogP contribution in [0.1, 0.15) is 29.6 Å². The molecule has 102 valence electrons. The molecule has 2 aliphatic rings. The van der Waals surface area contributed by atoms with Crippen molar-refractivity contribution in [2.24, 2.45) is 17.8 Å². The summed E-state index contributed by atoms with van der Waals surface area (Å²) in [6, 6.07) is 7.54. The summed E-state index contributed by atoms with van der Waals surface area (Å²) in [6.07, 6.45) is 3.56. The topological polar surface area (TPSA) is 49.3 Å². The number of carbonyl (C=O) groups excluding carboxylic acids is 1. The van der Waals surface area contributed by atoms with Gasteiger partial charge in [0.15, 0.2) is 0 Å². The van der Waals surface area contributed by atoms with Crippen LogP contribution < -0.4 is 5.32 Å². The Hall–Kier alpha value is -0.870. The van der Waals surface area contributed by atoms with Crippen molar-refractivity contribution in [3.8, 4) is 0 Å². The van der Waals surface area contributed by atoms with Crippen molar-refractivity contribution in [3.63, 3.8) is 0 Å². The van der Waals surface area contributed by atoms with Gasteiger partial charge in [-0.3, -0.25) is 4.79 Å². The van der Waals surface area contributed by atoms with Gasteiger partial charge in [0.25, 0.3) is 5.91 Å². The first kappa shape index (κ1) is 13.1. The van der Waals surface area contributed by atoms with Crippen LogP contribution in [-0.4, -0.2) is 23.7 Å². The summed E-state index contributed by atoms with van der Waals surface area (Å²) in [5.41, 5.74) is 0.683. The van der Waals surface area contributed by atoms with Crippen LogP contribution in [0.3, 0.4) is 0 Å². The van der Waals surface area contributed by atoms with Crippen molar-refractivity contribution in [2.75, 3.05) is 6.61 Å². The van der Waals surface area contributed by atoms with Crippen LogP contribution in [-0.2, 0) is 0 Å². The number of nitrogens with one attached hydrogen (secondary N) is 1. The third kappa shape index (κ3) is 2.43. The molecule has 4 heteroatoms. The normalized spacial score (nSPS) is 32.5. The Balaban J connectivity index is 1.71. The summed E-state index contributed by atoms with van der Waals surface area (Å²) in [5.74, 6) is 1.38. The van der Waals surface area contributed by atoms with E-state index in [-0.39, 0.29) is 24.5 Å². The fourth-order valence-electron chi connectivity index (χ4n) is 3.73. The first-order valence-electron chi connectivity index (χ1n) is 6.86. The Kier molecular flexibility index (Phi) is 3.63. The highest BCUT2D eigenvalue weighted by Gasteiger charge is 2.47. The number of aliphatic hydroxyl groups is 1. The second-order valence-corrected chi connectivity index (χ2v) is 6.60. The van der Waals surface area contributed by atoms with Gasteiger partial charge in [-0.05, 0) is 55.4 Å². The number of halogens is 1. The molecule has 0 aromatic heterocycles. The molecule has 2 fully saturated rings. The molecule has 3 nitrogen and oxygen atoms in total. The molecular formula is C15H18BrNO2. The first-order chi connectivity index (χ1) is 9.19. The molecule has 1 aromatic carbocycles. The average Bonchev–Trinajstić information content (AvgIpc) is 3.00. The van der Waals surface area contributed by atoms with Crippen LogP contribution in [0, 0.1) is 17.8 Å². The van der Waals surface area contributed by atoms with E-state index in [0.29, 0.717) is 17.4 Å². The molecule has 0 heterocycles. The van der Waals surface area contributed by atoms with Crippen LogP contribution in [0.2, 0.25) is 0 Å². The number of hydrogen-bond donors (Lipinski definition) is 2. The molecule has 2 aliphatic carbocycles. The number of aliphatic hydroxyl groups excluding tert-OH is 1. The molecule has 2 N–H and O–H groups in total. The summed E-state index contributed by atoms with van der Waals surface area (Å²) in [5, 5.41) is 12.7. The number of rotatable bonds is 3. The average molecular weight is 324 g/mol. The molecule has 2 saturated carbocycles. The molecule has 2 bridgehead atoms. The zero-order valence-electron chi connectivity index (χ0n) is 10.7. The quantitative estimate of drug-likeness (QED) is 0.898. The van der Waals surface area contributed by atoms with Crippen LogP contribution >= 0.6 is 15.9 Å². The lowest BCUT2D eigenvalue weighted by molar-refractivity contribution is 0.0861. The van der Waals surface area contributed by atoms with Gasteiger partial charge in [-0.25, -0.2) is 0 Å². The number of amides is 1. The maximum atomic E-state index is 12.2. The van der Waals surface area contributed by atoms with E-state index in [2.05, 4.69) is 21.2 Å². The third-order valence-electron chi connectivity index (χ3n) is 4.70. The van der Waals surface area contributed by atoms with Gasteiger partial charge >= 0.3 is 0 Å². The molecule has 0 spiro atoms. The summed E-state index contributed by atoms with van der Waals surface area (Å²) in [7, 11) is 0. The molecule has 4 unspecified atom stereocenters. The Morgan fingerprint density at radius 2 is 1.95 bits per heavy atom. The smallest absolute Gasteiger partial charge is 0.251 e. The van der Waals surface area contributed by atoms with Crippen molar-refractivity contribution < 1.29 is 9.90 Å². The van der Waals surface area contributed by atoms with Crippen LogP contribution in [0.5, 0.6) is 0 Å². The molecule has 0 aliphatic heterocycles. The van der Waals surface area contributed by atoms with Crippen LogP contribution in [0.15, 0.2) is 28.7 Å². The minimum Gasteiger partial charge on any atom is -0.396 e. The Labute approximate surface area is 121 Å². The minimum atomic E-state index is -0.0245. The zero-order chi connectivity index (χ0) is 13.4. The van der Waals surface area contributed by atoms with E-state index in [9.17, 15) is 9.90 Å². The lowest BCUT2D eigenvalue weighted by Crippen LogP contribution is -2.45. The standard InChI is InChI=1S/C15H18BrNO2/c16-12-5-3-9(4-6-12)15(19)17-14-11-2-1-10(7-11)13(14)8-18/h3-6,10-11,13-14,18H,1-2,7-8H2,(H,17,19). The first-order valence-corrected chi connectivity index (χ1v) is 7.65. The van der Waals surface area contributed by atoms with Gasteiger partial charge in [0.1, 0.15) is 0 Å². The molecule has 0 radical (unpaired) electrons. The fraction of sp³-hybridized carbons (Fsp3) is 0.533. The van der Waals surface area contributed by atoms with E-state index in [1.165, 1.54) is 12.8 Å². The lowest BCUT2D eigenvalue weighted by atomic mass is 9.85. The van der Waals surface area contributed by atoms with Gasteiger partial charge in [0.05, 0.1) is 0 Å². The largest absolute Gasteiger partial charge is 0.396 e. The van der Waals surface area contributed by atoms with E-state index in [0.717, 1.165) is 10.9 Å². The maximum absolute atomic E-state index is 12.2. The molecule has 0 saturated heterocycles. The van der Waals surface area contributed by atoms with Gasteiger partial charge in [-0.1, -0.05) is 15.9 Å². The third-order valence-corrected chi connectivity index (χ3v) is 5.23. The van der Waals surface area contributed by atoms with Crippen LogP contribution in [0.25, 0.3) is 0 Å². The van der Waals surface area contributed by atoms with Crippen molar-refractivity contribution in [3.05, 3.63) is 34.3 Å². The van der Waals surface area contributed by atoms with Gasteiger partial charge in [-0.15, -0.1) is 0 Å². The van der Waals surface area contributed by atoms with E-state index < -0.39 is 0 Å². The summed E-state index contributed by atoms with van der Waals surface area (Å²) in [4.78, 5) is 12.2. The van der Waals surface area contributed by atoms with Gasteiger partial charge in [0.2, 0.25) is 0 Å². The summed E-state index contributed by atoms with van der Waals surface area (Å²) < 4.78 is 0.970. The van der Waals surface area contributed by atoms with E-state index >= 15 is 0 Å². The zero-order valence-corrected chi connectivity index (χ0v) is 12.3. The van der Waals surface area contributed by atoms with Gasteiger partial charge in [-0.2, -0.15) is 0 Å². The van der Waals surface area contributed by atoms with Gasteiger partial charge < -0.3 is 10.4 Å². The number of benzene rings is 1. The highest BCUT2D eigenvalue weighted by Crippen LogP contribution is 2.48. The second kappa shape index (κ2) is 5.25. The molecule has 3 rings (SSSR count). The molecule has 4 atom stereocenters. The predicted octanol–water partition coefficient (Wildman–Crippen LogP) is 2.59. The maximum Gasteiger partial charge on any atom is 0.251 e. The number of hydrogen-bond acceptors (Lipinski definition) is 2. The molecule has 1 amide bonds. The second-order valence-electron chi connectivity index (χ2n) is 5.69. The lowest BCUT2D eigenvalue weighted by Gasteiger charge is -2.30. The molecule has 19 heavy (non-hydrogen) atoms. The van der Waals surface area contributed by atoms with Crippen molar-refractivity contribution in [1.29, 1.82) is 0 Å². The summed E-state index contributed by atoms with van der Waals surface area (Å²) in [6.45, 7) is 0.187. The van der Waals surface area contributed by atoms with E-state index in [4.69, 9.17) is 0 Å². The number of fused-ring (bicyclic) bond motifs is 2. The SMILES string of the molecule is O=C(NC1C2CCC(C2)C1CO)c1ccc(Br)cc1. The summed E-state index contributed by atoms with van der Waals surface area (Å²) >= 11 is 3.37. The monoisotopic (exact) mass is 323 g/mol. The van der Waals surface area contributed by atoms with E-state index in [1.54, 1.807) is 0 Å². The highest BCUT2D eigenvalue weighted by molar-refractivity contribution is 9.10.